The second-order valence-corrected chi connectivity index (χ2v) is 6.24. The number of aromatic nitrogens is 2. The van der Waals surface area contributed by atoms with Crippen LogP contribution in [0, 0.1) is 12.8 Å². The highest BCUT2D eigenvalue weighted by Gasteiger charge is 2.24. The number of aryl methyl sites for hydroxylation is 1. The van der Waals surface area contributed by atoms with E-state index in [1.165, 1.54) is 5.56 Å². The summed E-state index contributed by atoms with van der Waals surface area (Å²) in [5.41, 5.74) is 2.36. The lowest BCUT2D eigenvalue weighted by atomic mass is 9.99. The molecular weight excluding hydrogens is 276 g/mol. The summed E-state index contributed by atoms with van der Waals surface area (Å²) in [5.74, 6) is 2.73. The van der Waals surface area contributed by atoms with E-state index in [2.05, 4.69) is 44.7 Å². The van der Waals surface area contributed by atoms with Crippen molar-refractivity contribution in [3.63, 3.8) is 0 Å². The van der Waals surface area contributed by atoms with Gasteiger partial charge in [0.15, 0.2) is 0 Å². The van der Waals surface area contributed by atoms with Crippen molar-refractivity contribution in [2.45, 2.75) is 25.9 Å². The van der Waals surface area contributed by atoms with Gasteiger partial charge in [0.2, 0.25) is 0 Å². The van der Waals surface area contributed by atoms with Crippen molar-refractivity contribution in [1.29, 1.82) is 0 Å². The Morgan fingerprint density at radius 2 is 2.32 bits per heavy atom. The van der Waals surface area contributed by atoms with Gasteiger partial charge in [-0.2, -0.15) is 5.10 Å². The molecule has 1 aromatic heterocycles. The Bertz CT molecular complexity index is 666. The zero-order valence-corrected chi connectivity index (χ0v) is 12.9. The van der Waals surface area contributed by atoms with Crippen molar-refractivity contribution < 1.29 is 4.74 Å². The van der Waals surface area contributed by atoms with Gasteiger partial charge in [-0.3, -0.25) is 0 Å². The molecule has 3 heterocycles. The Balaban J connectivity index is 1.40. The molecule has 2 aromatic rings. The molecule has 116 valence electrons. The lowest BCUT2D eigenvalue weighted by Gasteiger charge is -2.30. The van der Waals surface area contributed by atoms with E-state index in [-0.39, 0.29) is 0 Å². The molecule has 0 spiro atoms. The quantitative estimate of drug-likeness (QED) is 0.913. The van der Waals surface area contributed by atoms with Crippen LogP contribution in [0.4, 0.5) is 5.82 Å². The summed E-state index contributed by atoms with van der Waals surface area (Å²) in [7, 11) is 0. The van der Waals surface area contributed by atoms with E-state index in [1.807, 2.05) is 13.0 Å². The fourth-order valence-corrected chi connectivity index (χ4v) is 3.38. The maximum absolute atomic E-state index is 5.73. The van der Waals surface area contributed by atoms with Crippen LogP contribution in [0.15, 0.2) is 30.3 Å². The maximum atomic E-state index is 5.73. The van der Waals surface area contributed by atoms with Gasteiger partial charge in [-0.05, 0) is 13.0 Å². The number of nitrogens with one attached hydrogen (secondary N) is 2. The lowest BCUT2D eigenvalue weighted by molar-refractivity contribution is 0.245. The molecule has 0 saturated carbocycles. The molecule has 0 amide bonds. The van der Waals surface area contributed by atoms with Gasteiger partial charge in [0.05, 0.1) is 12.3 Å². The third-order valence-corrected chi connectivity index (χ3v) is 4.52. The van der Waals surface area contributed by atoms with Crippen molar-refractivity contribution in [3.05, 3.63) is 41.6 Å². The van der Waals surface area contributed by atoms with Gasteiger partial charge in [-0.15, -0.1) is 0 Å². The van der Waals surface area contributed by atoms with E-state index < -0.39 is 0 Å². The monoisotopic (exact) mass is 298 g/mol. The SMILES string of the molecule is Cc1cc2n(n1)C[C@H](CN[C@@H]1CCOc3ccccc31)CN2. The summed E-state index contributed by atoms with van der Waals surface area (Å²) < 4.78 is 7.81. The van der Waals surface area contributed by atoms with Gasteiger partial charge >= 0.3 is 0 Å². The molecular formula is C17H22N4O. The number of fused-ring (bicyclic) bond motifs is 2. The number of nitrogens with zero attached hydrogens (tertiary/aromatic N) is 2. The van der Waals surface area contributed by atoms with Gasteiger partial charge in [0.1, 0.15) is 11.6 Å². The van der Waals surface area contributed by atoms with Crippen LogP contribution in [0.2, 0.25) is 0 Å². The van der Waals surface area contributed by atoms with Crippen LogP contribution in [-0.2, 0) is 6.54 Å². The maximum Gasteiger partial charge on any atom is 0.124 e. The van der Waals surface area contributed by atoms with Crippen molar-refractivity contribution in [2.75, 3.05) is 25.0 Å². The van der Waals surface area contributed by atoms with E-state index >= 15 is 0 Å². The van der Waals surface area contributed by atoms with Gasteiger partial charge in [-0.1, -0.05) is 18.2 Å². The second kappa shape index (κ2) is 5.65. The highest BCUT2D eigenvalue weighted by atomic mass is 16.5. The van der Waals surface area contributed by atoms with Crippen LogP contribution in [0.3, 0.4) is 0 Å². The predicted octanol–water partition coefficient (Wildman–Crippen LogP) is 2.35. The van der Waals surface area contributed by atoms with Gasteiger partial charge in [0.25, 0.3) is 0 Å². The summed E-state index contributed by atoms with van der Waals surface area (Å²) in [6, 6.07) is 10.9. The van der Waals surface area contributed by atoms with Crippen LogP contribution in [0.1, 0.15) is 23.7 Å². The number of benzene rings is 1. The first kappa shape index (κ1) is 13.6. The molecule has 0 aliphatic carbocycles. The van der Waals surface area contributed by atoms with E-state index in [0.29, 0.717) is 12.0 Å². The number of para-hydroxylation sites is 1. The minimum atomic E-state index is 0.394. The smallest absolute Gasteiger partial charge is 0.124 e. The molecule has 0 unspecified atom stereocenters. The van der Waals surface area contributed by atoms with Crippen LogP contribution in [-0.4, -0.2) is 29.5 Å². The van der Waals surface area contributed by atoms with Crippen LogP contribution >= 0.6 is 0 Å². The average molecular weight is 298 g/mol. The molecule has 0 saturated heterocycles. The minimum absolute atomic E-state index is 0.394. The topological polar surface area (TPSA) is 51.1 Å². The van der Waals surface area contributed by atoms with Crippen LogP contribution in [0.25, 0.3) is 0 Å². The number of hydrogen-bond donors (Lipinski definition) is 2. The summed E-state index contributed by atoms with van der Waals surface area (Å²) in [5, 5.41) is 11.7. The van der Waals surface area contributed by atoms with Crippen LogP contribution < -0.4 is 15.4 Å². The molecule has 2 N–H and O–H groups in total. The molecule has 0 radical (unpaired) electrons. The van der Waals surface area contributed by atoms with Crippen molar-refractivity contribution >= 4 is 5.82 Å². The standard InChI is InChI=1S/C17H22N4O/c1-12-8-17-19-10-13(11-21(17)20-12)9-18-15-6-7-22-16-5-3-2-4-14(15)16/h2-5,8,13,15,18-19H,6-7,9-11H2,1H3/t13-,15-/m1/s1. The molecule has 4 rings (SSSR count). The van der Waals surface area contributed by atoms with Crippen LogP contribution in [0.5, 0.6) is 5.75 Å². The average Bonchev–Trinajstić information content (AvgIpc) is 2.92. The first-order chi connectivity index (χ1) is 10.8. The Morgan fingerprint density at radius 3 is 3.27 bits per heavy atom. The summed E-state index contributed by atoms with van der Waals surface area (Å²) in [4.78, 5) is 0. The number of ether oxygens (including phenoxy) is 1. The van der Waals surface area contributed by atoms with E-state index in [1.54, 1.807) is 0 Å². The van der Waals surface area contributed by atoms with E-state index in [9.17, 15) is 0 Å². The Hall–Kier alpha value is -2.01. The minimum Gasteiger partial charge on any atom is -0.493 e. The molecule has 22 heavy (non-hydrogen) atoms. The van der Waals surface area contributed by atoms with Crippen molar-refractivity contribution in [3.8, 4) is 5.75 Å². The van der Waals surface area contributed by atoms with Gasteiger partial charge < -0.3 is 15.4 Å². The number of hydrogen-bond acceptors (Lipinski definition) is 4. The molecule has 2 aliphatic heterocycles. The molecule has 0 fully saturated rings. The van der Waals surface area contributed by atoms with Crippen molar-refractivity contribution in [1.82, 2.24) is 15.1 Å². The molecule has 0 bridgehead atoms. The summed E-state index contributed by atoms with van der Waals surface area (Å²) in [6.07, 6.45) is 1.03. The fourth-order valence-electron chi connectivity index (χ4n) is 3.38. The molecule has 2 atom stereocenters. The number of rotatable bonds is 3. The van der Waals surface area contributed by atoms with Gasteiger partial charge in [0, 0.05) is 49.6 Å². The van der Waals surface area contributed by atoms with E-state index in [4.69, 9.17) is 4.74 Å². The highest BCUT2D eigenvalue weighted by Crippen LogP contribution is 2.31. The summed E-state index contributed by atoms with van der Waals surface area (Å²) in [6.45, 7) is 5.81. The second-order valence-electron chi connectivity index (χ2n) is 6.24. The predicted molar refractivity (Wildman–Crippen MR) is 86.2 cm³/mol. The fraction of sp³-hybridized carbons (Fsp3) is 0.471. The Kier molecular flexibility index (Phi) is 3.50. The Labute approximate surface area is 130 Å². The van der Waals surface area contributed by atoms with Crippen molar-refractivity contribution in [2.24, 2.45) is 5.92 Å². The normalized spacial score (nSPS) is 23.1. The third-order valence-electron chi connectivity index (χ3n) is 4.52. The Morgan fingerprint density at radius 1 is 1.41 bits per heavy atom. The van der Waals surface area contributed by atoms with E-state index in [0.717, 1.165) is 49.9 Å². The third kappa shape index (κ3) is 2.57. The first-order valence-electron chi connectivity index (χ1n) is 8.03. The summed E-state index contributed by atoms with van der Waals surface area (Å²) >= 11 is 0. The molecule has 5 nitrogen and oxygen atoms in total. The number of anilines is 1. The highest BCUT2D eigenvalue weighted by molar-refractivity contribution is 5.39. The molecule has 2 aliphatic rings. The lowest BCUT2D eigenvalue weighted by Crippen LogP contribution is -2.37. The largest absolute Gasteiger partial charge is 0.493 e. The molecule has 5 heteroatoms. The zero-order valence-electron chi connectivity index (χ0n) is 12.9. The molecule has 1 aromatic carbocycles. The first-order valence-corrected chi connectivity index (χ1v) is 8.03. The zero-order chi connectivity index (χ0) is 14.9. The van der Waals surface area contributed by atoms with Gasteiger partial charge in [-0.25, -0.2) is 4.68 Å².